The summed E-state index contributed by atoms with van der Waals surface area (Å²) in [6, 6.07) is 7.02. The van der Waals surface area contributed by atoms with Crippen LogP contribution in [0.4, 0.5) is 5.13 Å². The SMILES string of the molecule is Cc1noc(C)c1COc1ccccc1C(=O)Nc1nncs1. The van der Waals surface area contributed by atoms with Crippen LogP contribution in [0.25, 0.3) is 0 Å². The molecule has 7 nitrogen and oxygen atoms in total. The molecule has 0 unspecified atom stereocenters. The predicted molar refractivity (Wildman–Crippen MR) is 84.6 cm³/mol. The van der Waals surface area contributed by atoms with Crippen molar-refractivity contribution in [2.75, 3.05) is 5.32 Å². The first-order valence-electron chi connectivity index (χ1n) is 6.86. The lowest BCUT2D eigenvalue weighted by Gasteiger charge is -2.10. The average Bonchev–Trinajstić information content (AvgIpc) is 3.16. The Morgan fingerprint density at radius 3 is 2.87 bits per heavy atom. The number of aromatic nitrogens is 3. The number of anilines is 1. The molecule has 0 saturated carbocycles. The van der Waals surface area contributed by atoms with E-state index in [0.29, 0.717) is 22.2 Å². The molecule has 1 amide bonds. The quantitative estimate of drug-likeness (QED) is 0.773. The van der Waals surface area contributed by atoms with E-state index in [9.17, 15) is 4.79 Å². The smallest absolute Gasteiger partial charge is 0.261 e. The zero-order chi connectivity index (χ0) is 16.2. The van der Waals surface area contributed by atoms with Crippen molar-refractivity contribution in [3.63, 3.8) is 0 Å². The standard InChI is InChI=1S/C15H14N4O3S/c1-9-12(10(2)22-19-9)7-21-13-6-4-3-5-11(13)14(20)17-15-18-16-8-23-15/h3-6,8H,7H2,1-2H3,(H,17,18,20). The average molecular weight is 330 g/mol. The molecule has 0 radical (unpaired) electrons. The van der Waals surface area contributed by atoms with Crippen molar-refractivity contribution in [3.05, 3.63) is 52.4 Å². The molecule has 23 heavy (non-hydrogen) atoms. The maximum Gasteiger partial charge on any atom is 0.261 e. The molecule has 3 aromatic rings. The van der Waals surface area contributed by atoms with Crippen molar-refractivity contribution >= 4 is 22.4 Å². The molecule has 0 aliphatic carbocycles. The highest BCUT2D eigenvalue weighted by molar-refractivity contribution is 7.13. The van der Waals surface area contributed by atoms with Gasteiger partial charge in [-0.3, -0.25) is 10.1 Å². The summed E-state index contributed by atoms with van der Waals surface area (Å²) in [6.45, 7) is 3.96. The number of ether oxygens (including phenoxy) is 1. The molecule has 0 bridgehead atoms. The van der Waals surface area contributed by atoms with Crippen LogP contribution in [-0.2, 0) is 6.61 Å². The second-order valence-corrected chi connectivity index (χ2v) is 5.62. The number of carbonyl (C=O) groups is 1. The summed E-state index contributed by atoms with van der Waals surface area (Å²) in [7, 11) is 0. The highest BCUT2D eigenvalue weighted by Crippen LogP contribution is 2.22. The number of amides is 1. The third-order valence-electron chi connectivity index (χ3n) is 3.27. The van der Waals surface area contributed by atoms with Gasteiger partial charge in [0.2, 0.25) is 5.13 Å². The molecule has 0 spiro atoms. The molecule has 0 fully saturated rings. The largest absolute Gasteiger partial charge is 0.488 e. The summed E-state index contributed by atoms with van der Waals surface area (Å²) >= 11 is 1.25. The van der Waals surface area contributed by atoms with Crippen LogP contribution in [0.2, 0.25) is 0 Å². The Kier molecular flexibility index (Phi) is 4.33. The zero-order valence-electron chi connectivity index (χ0n) is 12.6. The minimum absolute atomic E-state index is 0.282. The summed E-state index contributed by atoms with van der Waals surface area (Å²) in [5.41, 5.74) is 3.63. The highest BCUT2D eigenvalue weighted by atomic mass is 32.1. The number of nitrogens with zero attached hydrogens (tertiary/aromatic N) is 3. The molecule has 8 heteroatoms. The highest BCUT2D eigenvalue weighted by Gasteiger charge is 2.15. The van der Waals surface area contributed by atoms with E-state index in [2.05, 4.69) is 20.7 Å². The van der Waals surface area contributed by atoms with Gasteiger partial charge in [0.15, 0.2) is 0 Å². The van der Waals surface area contributed by atoms with Gasteiger partial charge in [-0.15, -0.1) is 10.2 Å². The maximum absolute atomic E-state index is 12.3. The van der Waals surface area contributed by atoms with Gasteiger partial charge in [0, 0.05) is 0 Å². The molecule has 2 heterocycles. The summed E-state index contributed by atoms with van der Waals surface area (Å²) in [5, 5.41) is 14.5. The van der Waals surface area contributed by atoms with Crippen molar-refractivity contribution in [2.24, 2.45) is 0 Å². The summed E-state index contributed by atoms with van der Waals surface area (Å²) < 4.78 is 10.9. The van der Waals surface area contributed by atoms with Crippen molar-refractivity contribution in [1.29, 1.82) is 0 Å². The third-order valence-corrected chi connectivity index (χ3v) is 3.87. The van der Waals surface area contributed by atoms with E-state index in [1.54, 1.807) is 23.7 Å². The number of rotatable bonds is 5. The lowest BCUT2D eigenvalue weighted by Crippen LogP contribution is -2.13. The van der Waals surface area contributed by atoms with Gasteiger partial charge in [0.05, 0.1) is 16.8 Å². The second kappa shape index (κ2) is 6.57. The third kappa shape index (κ3) is 3.37. The predicted octanol–water partition coefficient (Wildman–Crippen LogP) is 2.97. The minimum Gasteiger partial charge on any atom is -0.488 e. The lowest BCUT2D eigenvalue weighted by molar-refractivity contribution is 0.102. The normalized spacial score (nSPS) is 10.5. The maximum atomic E-state index is 12.3. The summed E-state index contributed by atoms with van der Waals surface area (Å²) in [6.07, 6.45) is 0. The van der Waals surface area contributed by atoms with Gasteiger partial charge >= 0.3 is 0 Å². The van der Waals surface area contributed by atoms with Crippen LogP contribution in [0.1, 0.15) is 27.4 Å². The van der Waals surface area contributed by atoms with E-state index in [0.717, 1.165) is 11.3 Å². The zero-order valence-corrected chi connectivity index (χ0v) is 13.4. The summed E-state index contributed by atoms with van der Waals surface area (Å²) in [4.78, 5) is 12.3. The van der Waals surface area contributed by atoms with Gasteiger partial charge in [-0.1, -0.05) is 28.6 Å². The first-order chi connectivity index (χ1) is 11.1. The fourth-order valence-corrected chi connectivity index (χ4v) is 2.47. The molecular weight excluding hydrogens is 316 g/mol. The Hall–Kier alpha value is -2.74. The molecule has 0 atom stereocenters. The Bertz CT molecular complexity index is 795. The number of nitrogens with one attached hydrogen (secondary N) is 1. The molecule has 3 rings (SSSR count). The number of hydrogen-bond acceptors (Lipinski definition) is 7. The Balaban J connectivity index is 1.76. The molecule has 0 aliphatic heterocycles. The van der Waals surface area contributed by atoms with Crippen LogP contribution >= 0.6 is 11.3 Å². The second-order valence-electron chi connectivity index (χ2n) is 4.79. The van der Waals surface area contributed by atoms with E-state index in [-0.39, 0.29) is 12.5 Å². The van der Waals surface area contributed by atoms with Gasteiger partial charge in [-0.25, -0.2) is 0 Å². The molecule has 118 valence electrons. The van der Waals surface area contributed by atoms with Crippen LogP contribution in [0.5, 0.6) is 5.75 Å². The van der Waals surface area contributed by atoms with Crippen molar-refractivity contribution < 1.29 is 14.1 Å². The van der Waals surface area contributed by atoms with Gasteiger partial charge in [0.1, 0.15) is 23.6 Å². The van der Waals surface area contributed by atoms with E-state index < -0.39 is 0 Å². The molecule has 2 aromatic heterocycles. The van der Waals surface area contributed by atoms with Crippen molar-refractivity contribution in [1.82, 2.24) is 15.4 Å². The van der Waals surface area contributed by atoms with Crippen molar-refractivity contribution in [3.8, 4) is 5.75 Å². The van der Waals surface area contributed by atoms with Gasteiger partial charge in [-0.2, -0.15) is 0 Å². The molecule has 0 aliphatic rings. The fraction of sp³-hybridized carbons (Fsp3) is 0.200. The van der Waals surface area contributed by atoms with Crippen LogP contribution in [0.15, 0.2) is 34.3 Å². The van der Waals surface area contributed by atoms with Crippen LogP contribution in [0, 0.1) is 13.8 Å². The van der Waals surface area contributed by atoms with Crippen molar-refractivity contribution in [2.45, 2.75) is 20.5 Å². The monoisotopic (exact) mass is 330 g/mol. The van der Waals surface area contributed by atoms with E-state index in [1.807, 2.05) is 19.9 Å². The number of aryl methyl sites for hydroxylation is 2. The van der Waals surface area contributed by atoms with Crippen LogP contribution in [-0.4, -0.2) is 21.3 Å². The Labute approximate surface area is 136 Å². The van der Waals surface area contributed by atoms with Gasteiger partial charge < -0.3 is 9.26 Å². The van der Waals surface area contributed by atoms with E-state index >= 15 is 0 Å². The Morgan fingerprint density at radius 1 is 1.35 bits per heavy atom. The fourth-order valence-electron chi connectivity index (χ4n) is 2.03. The minimum atomic E-state index is -0.295. The topological polar surface area (TPSA) is 90.1 Å². The molecule has 1 aromatic carbocycles. The number of para-hydroxylation sites is 1. The van der Waals surface area contributed by atoms with Crippen LogP contribution < -0.4 is 10.1 Å². The first kappa shape index (κ1) is 15.2. The Morgan fingerprint density at radius 2 is 2.17 bits per heavy atom. The van der Waals surface area contributed by atoms with Gasteiger partial charge in [-0.05, 0) is 26.0 Å². The number of carbonyl (C=O) groups excluding carboxylic acids is 1. The number of hydrogen-bond donors (Lipinski definition) is 1. The summed E-state index contributed by atoms with van der Waals surface area (Å²) in [5.74, 6) is 0.893. The lowest BCUT2D eigenvalue weighted by atomic mass is 10.2. The van der Waals surface area contributed by atoms with E-state index in [4.69, 9.17) is 9.26 Å². The molecular formula is C15H14N4O3S. The van der Waals surface area contributed by atoms with Gasteiger partial charge in [0.25, 0.3) is 5.91 Å². The molecule has 1 N–H and O–H groups in total. The van der Waals surface area contributed by atoms with Crippen LogP contribution in [0.3, 0.4) is 0 Å². The number of benzene rings is 1. The van der Waals surface area contributed by atoms with E-state index in [1.165, 1.54) is 11.3 Å². The first-order valence-corrected chi connectivity index (χ1v) is 7.74. The molecule has 0 saturated heterocycles.